The first-order chi connectivity index (χ1) is 14.3. The molecule has 0 aliphatic carbocycles. The maximum Gasteiger partial charge on any atom is 0.404 e. The summed E-state index contributed by atoms with van der Waals surface area (Å²) in [6.45, 7) is 3.49. The fourth-order valence-corrected chi connectivity index (χ4v) is 4.29. The van der Waals surface area contributed by atoms with Crippen molar-refractivity contribution in [2.75, 3.05) is 0 Å². The summed E-state index contributed by atoms with van der Waals surface area (Å²) in [6, 6.07) is 11.7. The summed E-state index contributed by atoms with van der Waals surface area (Å²) in [4.78, 5) is 19.6. The lowest BCUT2D eigenvalue weighted by Crippen LogP contribution is -2.20. The van der Waals surface area contributed by atoms with Crippen molar-refractivity contribution in [3.05, 3.63) is 71.9 Å². The third-order valence-electron chi connectivity index (χ3n) is 4.17. The van der Waals surface area contributed by atoms with Gasteiger partial charge in [0.1, 0.15) is 11.6 Å². The van der Waals surface area contributed by atoms with Gasteiger partial charge in [-0.15, -0.1) is 0 Å². The molecule has 0 saturated heterocycles. The second-order valence-corrected chi connectivity index (χ2v) is 8.24. The van der Waals surface area contributed by atoms with Gasteiger partial charge in [0, 0.05) is 12.4 Å². The van der Waals surface area contributed by atoms with Gasteiger partial charge in [-0.05, 0) is 29.7 Å². The summed E-state index contributed by atoms with van der Waals surface area (Å²) in [5, 5.41) is -0.103. The second kappa shape index (κ2) is 8.95. The number of carbonyl (C=O) groups excluding carboxylic acids is 1. The second-order valence-electron chi connectivity index (χ2n) is 6.78. The lowest BCUT2D eigenvalue weighted by Gasteiger charge is -2.14. The summed E-state index contributed by atoms with van der Waals surface area (Å²) in [7, 11) is -4.25. The first-order valence-electron chi connectivity index (χ1n) is 9.18. The molecule has 2 N–H and O–H groups in total. The molecule has 3 aromatic rings. The number of imidazole rings is 1. The molecule has 9 nitrogen and oxygen atoms in total. The Hall–Kier alpha value is -3.40. The third kappa shape index (κ3) is 4.95. The molecule has 2 aromatic heterocycles. The Morgan fingerprint density at radius 3 is 2.50 bits per heavy atom. The molecular formula is C20H22N4O5S. The molecule has 3 rings (SSSR count). The molecule has 0 radical (unpaired) electrons. The number of pyridine rings is 1. The molecule has 1 aromatic carbocycles. The fraction of sp³-hybridized carbons (Fsp3) is 0.250. The minimum atomic E-state index is -4.25. The Balaban J connectivity index is 2.13. The summed E-state index contributed by atoms with van der Waals surface area (Å²) < 4.78 is 38.2. The normalized spacial score (nSPS) is 11.4. The molecule has 2 heterocycles. The van der Waals surface area contributed by atoms with Crippen LogP contribution in [0, 0.1) is 0 Å². The van der Waals surface area contributed by atoms with Crippen LogP contribution in [-0.2, 0) is 28.0 Å². The molecule has 0 bridgehead atoms. The molecule has 0 fully saturated rings. The molecular weight excluding hydrogens is 408 g/mol. The highest BCUT2D eigenvalue weighted by molar-refractivity contribution is 7.87. The van der Waals surface area contributed by atoms with Crippen LogP contribution in [0.5, 0.6) is 5.75 Å². The van der Waals surface area contributed by atoms with Gasteiger partial charge in [0.15, 0.2) is 11.6 Å². The Bertz CT molecular complexity index is 1110. The van der Waals surface area contributed by atoms with E-state index in [4.69, 9.17) is 14.7 Å². The van der Waals surface area contributed by atoms with Crippen LogP contribution in [0.3, 0.4) is 0 Å². The zero-order chi connectivity index (χ0) is 21.7. The average molecular weight is 430 g/mol. The van der Waals surface area contributed by atoms with E-state index in [1.165, 1.54) is 4.57 Å². The van der Waals surface area contributed by atoms with Crippen molar-refractivity contribution in [1.29, 1.82) is 0 Å². The average Bonchev–Trinajstić information content (AvgIpc) is 3.07. The highest BCUT2D eigenvalue weighted by atomic mass is 32.2. The van der Waals surface area contributed by atoms with E-state index in [2.05, 4.69) is 9.97 Å². The molecule has 158 valence electrons. The van der Waals surface area contributed by atoms with Crippen LogP contribution in [-0.4, -0.2) is 29.0 Å². The zero-order valence-corrected chi connectivity index (χ0v) is 17.4. The number of benzene rings is 1. The largest absolute Gasteiger partial charge is 0.442 e. The third-order valence-corrected chi connectivity index (χ3v) is 5.48. The first kappa shape index (κ1) is 21.3. The molecule has 30 heavy (non-hydrogen) atoms. The monoisotopic (exact) mass is 430 g/mol. The summed E-state index contributed by atoms with van der Waals surface area (Å²) >= 11 is 0. The van der Waals surface area contributed by atoms with Crippen LogP contribution < -0.4 is 9.92 Å². The number of ether oxygens (including phenoxy) is 1. The Labute approximate surface area is 174 Å². The van der Waals surface area contributed by atoms with Crippen LogP contribution >= 0.6 is 0 Å². The lowest BCUT2D eigenvalue weighted by atomic mass is 10.1. The van der Waals surface area contributed by atoms with Crippen molar-refractivity contribution >= 4 is 16.2 Å². The van der Waals surface area contributed by atoms with Crippen LogP contribution in [0.1, 0.15) is 36.8 Å². The van der Waals surface area contributed by atoms with Gasteiger partial charge in [0.2, 0.25) is 0 Å². The molecule has 0 aliphatic rings. The van der Waals surface area contributed by atoms with Crippen LogP contribution in [0.2, 0.25) is 0 Å². The van der Waals surface area contributed by atoms with Crippen molar-refractivity contribution in [2.24, 2.45) is 5.73 Å². The number of hydrogen-bond donors (Lipinski definition) is 1. The fourth-order valence-electron chi connectivity index (χ4n) is 2.87. The molecule has 0 unspecified atom stereocenters. The van der Waals surface area contributed by atoms with Gasteiger partial charge in [-0.2, -0.15) is 8.42 Å². The number of amides is 1. The molecule has 0 saturated carbocycles. The summed E-state index contributed by atoms with van der Waals surface area (Å²) in [5.74, 6) is 0.171. The van der Waals surface area contributed by atoms with Gasteiger partial charge in [-0.3, -0.25) is 4.98 Å². The van der Waals surface area contributed by atoms with Gasteiger partial charge in [-0.25, -0.2) is 9.78 Å². The van der Waals surface area contributed by atoms with Gasteiger partial charge in [0.25, 0.3) is 0 Å². The Kier molecular flexibility index (Phi) is 6.36. The van der Waals surface area contributed by atoms with Gasteiger partial charge < -0.3 is 19.2 Å². The van der Waals surface area contributed by atoms with Gasteiger partial charge in [-0.1, -0.05) is 38.1 Å². The van der Waals surface area contributed by atoms with E-state index in [0.717, 1.165) is 5.56 Å². The van der Waals surface area contributed by atoms with Crippen molar-refractivity contribution in [2.45, 2.75) is 37.9 Å². The number of primary amides is 1. The van der Waals surface area contributed by atoms with Crippen LogP contribution in [0.4, 0.5) is 4.79 Å². The minimum Gasteiger partial charge on any atom is -0.442 e. The first-order valence-corrected chi connectivity index (χ1v) is 10.6. The Morgan fingerprint density at radius 2 is 1.90 bits per heavy atom. The topological polar surface area (TPSA) is 126 Å². The SMILES string of the molecule is CC(C)c1nc(COC(N)=O)n(Cc2cccnc2)c1S(=O)(=O)Oc1ccccc1. The predicted molar refractivity (Wildman–Crippen MR) is 108 cm³/mol. The number of nitrogens with two attached hydrogens (primary N) is 1. The van der Waals surface area contributed by atoms with Crippen molar-refractivity contribution < 1.29 is 22.1 Å². The standard InChI is InChI=1S/C20H22N4O5S/c1-14(2)18-19(30(26,27)29-16-8-4-3-5-9-16)24(12-15-7-6-10-22-11-15)17(23-18)13-28-20(21)25/h3-11,14H,12-13H2,1-2H3,(H2,21,25). The van der Waals surface area contributed by atoms with Crippen LogP contribution in [0.25, 0.3) is 0 Å². The minimum absolute atomic E-state index is 0.103. The maximum absolute atomic E-state index is 13.3. The zero-order valence-electron chi connectivity index (χ0n) is 16.6. The van der Waals surface area contributed by atoms with E-state index in [-0.39, 0.29) is 35.7 Å². The quantitative estimate of drug-likeness (QED) is 0.544. The molecule has 10 heteroatoms. The number of carbonyl (C=O) groups is 1. The summed E-state index contributed by atoms with van der Waals surface area (Å²) in [5.41, 5.74) is 6.13. The van der Waals surface area contributed by atoms with Crippen molar-refractivity contribution in [3.8, 4) is 5.75 Å². The maximum atomic E-state index is 13.3. The number of hydrogen-bond acceptors (Lipinski definition) is 7. The Morgan fingerprint density at radius 1 is 1.17 bits per heavy atom. The lowest BCUT2D eigenvalue weighted by molar-refractivity contribution is 0.145. The highest BCUT2D eigenvalue weighted by Crippen LogP contribution is 2.29. The molecule has 0 aliphatic heterocycles. The van der Waals surface area contributed by atoms with E-state index in [1.54, 1.807) is 54.9 Å². The summed E-state index contributed by atoms with van der Waals surface area (Å²) in [6.07, 6.45) is 2.24. The predicted octanol–water partition coefficient (Wildman–Crippen LogP) is 2.81. The van der Waals surface area contributed by atoms with E-state index < -0.39 is 16.2 Å². The molecule has 1 amide bonds. The smallest absolute Gasteiger partial charge is 0.404 e. The molecule has 0 atom stereocenters. The number of aromatic nitrogens is 3. The van der Waals surface area contributed by atoms with Crippen molar-refractivity contribution in [1.82, 2.24) is 14.5 Å². The highest BCUT2D eigenvalue weighted by Gasteiger charge is 2.31. The van der Waals surface area contributed by atoms with E-state index in [9.17, 15) is 13.2 Å². The van der Waals surface area contributed by atoms with E-state index in [0.29, 0.717) is 5.69 Å². The van der Waals surface area contributed by atoms with E-state index >= 15 is 0 Å². The molecule has 0 spiro atoms. The van der Waals surface area contributed by atoms with Crippen LogP contribution in [0.15, 0.2) is 59.9 Å². The number of para-hydroxylation sites is 1. The van der Waals surface area contributed by atoms with Crippen molar-refractivity contribution in [3.63, 3.8) is 0 Å². The van der Waals surface area contributed by atoms with Gasteiger partial charge in [0.05, 0.1) is 12.2 Å². The van der Waals surface area contributed by atoms with E-state index in [1.807, 2.05) is 13.8 Å². The number of rotatable bonds is 8. The number of nitrogens with zero attached hydrogens (tertiary/aromatic N) is 3. The van der Waals surface area contributed by atoms with Gasteiger partial charge >= 0.3 is 16.2 Å².